The molecule has 1 aliphatic heterocycles. The molecule has 5 amide bonds. The Hall–Kier alpha value is -4.67. The maximum atomic E-state index is 13.8. The zero-order valence-corrected chi connectivity index (χ0v) is 29.2. The minimum atomic E-state index is -1.14. The van der Waals surface area contributed by atoms with Gasteiger partial charge in [0.15, 0.2) is 6.10 Å². The maximum Gasteiger partial charge on any atom is 0.333 e. The molecule has 1 heterocycles. The molecule has 10 nitrogen and oxygen atoms in total. The smallest absolute Gasteiger partial charge is 0.333 e. The van der Waals surface area contributed by atoms with Crippen molar-refractivity contribution in [2.24, 2.45) is 5.41 Å². The van der Waals surface area contributed by atoms with Crippen molar-refractivity contribution in [1.29, 1.82) is 0 Å². The third-order valence-electron chi connectivity index (χ3n) is 7.76. The first-order valence-electron chi connectivity index (χ1n) is 15.9. The highest BCUT2D eigenvalue weighted by atomic mass is 35.5. The number of halogens is 1. The minimum absolute atomic E-state index is 0.152. The summed E-state index contributed by atoms with van der Waals surface area (Å²) in [5.41, 5.74) is 2.83. The van der Waals surface area contributed by atoms with Crippen molar-refractivity contribution in [1.82, 2.24) is 9.80 Å². The molecule has 1 aliphatic rings. The highest BCUT2D eigenvalue weighted by molar-refractivity contribution is 6.34. The second-order valence-corrected chi connectivity index (χ2v) is 13.0. The van der Waals surface area contributed by atoms with Crippen LogP contribution in [0.3, 0.4) is 0 Å². The zero-order valence-electron chi connectivity index (χ0n) is 28.4. The van der Waals surface area contributed by atoms with Gasteiger partial charge < -0.3 is 20.1 Å². The topological polar surface area (TPSA) is 117 Å². The van der Waals surface area contributed by atoms with Crippen molar-refractivity contribution in [3.63, 3.8) is 0 Å². The van der Waals surface area contributed by atoms with Crippen LogP contribution >= 0.6 is 11.6 Å². The highest BCUT2D eigenvalue weighted by Crippen LogP contribution is 2.32. The monoisotopic (exact) mass is 674 g/mol. The molecule has 3 aromatic rings. The second kappa shape index (κ2) is 15.5. The van der Waals surface area contributed by atoms with Crippen molar-refractivity contribution in [2.45, 2.75) is 73.8 Å². The Balaban J connectivity index is 1.55. The van der Waals surface area contributed by atoms with E-state index in [4.69, 9.17) is 21.1 Å². The van der Waals surface area contributed by atoms with Crippen molar-refractivity contribution < 1.29 is 28.7 Å². The summed E-state index contributed by atoms with van der Waals surface area (Å²) in [5, 5.41) is 5.88. The fourth-order valence-electron chi connectivity index (χ4n) is 5.19. The summed E-state index contributed by atoms with van der Waals surface area (Å²) in [6.45, 7) is 13.3. The van der Waals surface area contributed by atoms with Crippen LogP contribution in [0.15, 0.2) is 78.5 Å². The quantitative estimate of drug-likeness (QED) is 0.152. The third-order valence-corrected chi connectivity index (χ3v) is 8.09. The Kier molecular flexibility index (Phi) is 11.7. The fraction of sp³-hybridized carbons (Fsp3) is 0.351. The molecule has 48 heavy (non-hydrogen) atoms. The Morgan fingerprint density at radius 1 is 0.979 bits per heavy atom. The first kappa shape index (κ1) is 36.2. The molecule has 1 saturated heterocycles. The molecule has 11 heteroatoms. The molecule has 0 aliphatic carbocycles. The van der Waals surface area contributed by atoms with Gasteiger partial charge in [-0.15, -0.1) is 0 Å². The zero-order chi connectivity index (χ0) is 35.2. The molecule has 3 aromatic carbocycles. The number of anilines is 2. The summed E-state index contributed by atoms with van der Waals surface area (Å²) in [6, 6.07) is 19.1. The predicted octanol–water partition coefficient (Wildman–Crippen LogP) is 7.45. The summed E-state index contributed by atoms with van der Waals surface area (Å²) in [5.74, 6) is -0.905. The molecule has 2 N–H and O–H groups in total. The van der Waals surface area contributed by atoms with E-state index in [0.29, 0.717) is 17.9 Å². The first-order valence-corrected chi connectivity index (χ1v) is 16.3. The minimum Gasteiger partial charge on any atom is -0.480 e. The van der Waals surface area contributed by atoms with E-state index >= 15 is 0 Å². The second-order valence-electron chi connectivity index (χ2n) is 12.6. The van der Waals surface area contributed by atoms with E-state index in [1.165, 1.54) is 11.1 Å². The molecule has 0 bridgehead atoms. The van der Waals surface area contributed by atoms with E-state index in [1.54, 1.807) is 45.9 Å². The first-order chi connectivity index (χ1) is 22.7. The van der Waals surface area contributed by atoms with Gasteiger partial charge in [-0.05, 0) is 68.0 Å². The van der Waals surface area contributed by atoms with Gasteiger partial charge in [-0.3, -0.25) is 19.3 Å². The van der Waals surface area contributed by atoms with Gasteiger partial charge in [-0.2, -0.15) is 0 Å². The van der Waals surface area contributed by atoms with E-state index in [9.17, 15) is 19.2 Å². The molecule has 254 valence electrons. The number of benzene rings is 3. The van der Waals surface area contributed by atoms with Gasteiger partial charge in [-0.25, -0.2) is 9.69 Å². The Morgan fingerprint density at radius 3 is 2.31 bits per heavy atom. The summed E-state index contributed by atoms with van der Waals surface area (Å²) < 4.78 is 11.7. The Morgan fingerprint density at radius 2 is 1.69 bits per heavy atom. The number of hydrogen-bond acceptors (Lipinski definition) is 6. The molecular formula is C37H43ClN4O6. The van der Waals surface area contributed by atoms with Crippen LogP contribution in [0, 0.1) is 19.3 Å². The highest BCUT2D eigenvalue weighted by Gasteiger charge is 2.46. The summed E-state index contributed by atoms with van der Waals surface area (Å²) in [7, 11) is 0. The van der Waals surface area contributed by atoms with Crippen LogP contribution < -0.4 is 15.4 Å². The molecule has 0 radical (unpaired) electrons. The van der Waals surface area contributed by atoms with Gasteiger partial charge in [0.2, 0.25) is 6.23 Å². The van der Waals surface area contributed by atoms with Crippen LogP contribution in [0.25, 0.3) is 0 Å². The number of hydrogen-bond donors (Lipinski definition) is 2. The van der Waals surface area contributed by atoms with E-state index in [-0.39, 0.29) is 35.3 Å². The van der Waals surface area contributed by atoms with Crippen LogP contribution in [-0.4, -0.2) is 52.5 Å². The molecule has 1 fully saturated rings. The standard InChI is InChI=1S/C37H43ClN4O6/c1-8-30(48-31-18-15-23(3)19-24(31)4)33(44)39-26-16-17-28(38)29(20-26)40-32(43)27(37(5,6)7)22-41-34(45)35(47-9-2)42(36(41)46)21-25-13-11-10-12-14-25/h10-20,22,30,35H,8-9,21H2,1-7H3,(H,39,44)(H,40,43)/b27-22+. The van der Waals surface area contributed by atoms with Crippen LogP contribution in [0.5, 0.6) is 5.75 Å². The summed E-state index contributed by atoms with van der Waals surface area (Å²) >= 11 is 6.48. The van der Waals surface area contributed by atoms with Crippen molar-refractivity contribution in [3.05, 3.63) is 100 Å². The molecule has 2 unspecified atom stereocenters. The van der Waals surface area contributed by atoms with E-state index in [1.807, 2.05) is 69.3 Å². The average Bonchev–Trinajstić information content (AvgIpc) is 3.24. The van der Waals surface area contributed by atoms with Gasteiger partial charge in [0.05, 0.1) is 17.3 Å². The number of imide groups is 1. The summed E-state index contributed by atoms with van der Waals surface area (Å²) in [6.07, 6.45) is -0.194. The predicted molar refractivity (Wildman–Crippen MR) is 187 cm³/mol. The van der Waals surface area contributed by atoms with E-state index in [0.717, 1.165) is 21.6 Å². The largest absolute Gasteiger partial charge is 0.480 e. The summed E-state index contributed by atoms with van der Waals surface area (Å²) in [4.78, 5) is 56.3. The molecule has 0 saturated carbocycles. The van der Waals surface area contributed by atoms with Gasteiger partial charge in [-0.1, -0.05) is 87.3 Å². The number of carbonyl (C=O) groups is 4. The van der Waals surface area contributed by atoms with Crippen LogP contribution in [0.4, 0.5) is 16.2 Å². The number of rotatable bonds is 12. The van der Waals surface area contributed by atoms with E-state index < -0.39 is 35.6 Å². The average molecular weight is 675 g/mol. The molecular weight excluding hydrogens is 632 g/mol. The van der Waals surface area contributed by atoms with Gasteiger partial charge in [0, 0.05) is 24.1 Å². The Bertz CT molecular complexity index is 1700. The van der Waals surface area contributed by atoms with Crippen molar-refractivity contribution in [3.8, 4) is 5.75 Å². The number of urea groups is 1. The molecule has 0 aromatic heterocycles. The molecule has 2 atom stereocenters. The SMILES string of the molecule is CCOC1C(=O)N(/C=C(\C(=O)Nc2cc(NC(=O)C(CC)Oc3ccc(C)cc3C)ccc2Cl)C(C)(C)C)C(=O)N1Cc1ccccc1. The number of nitrogens with zero attached hydrogens (tertiary/aromatic N) is 2. The van der Waals surface area contributed by atoms with Gasteiger partial charge >= 0.3 is 6.03 Å². The fourth-order valence-corrected chi connectivity index (χ4v) is 5.36. The normalized spacial score (nSPS) is 15.8. The number of nitrogens with one attached hydrogen (secondary N) is 2. The molecule has 0 spiro atoms. The number of aryl methyl sites for hydroxylation is 2. The van der Waals surface area contributed by atoms with Crippen LogP contribution in [0.2, 0.25) is 5.02 Å². The van der Waals surface area contributed by atoms with Gasteiger partial charge in [0.25, 0.3) is 17.7 Å². The maximum absolute atomic E-state index is 13.8. The van der Waals surface area contributed by atoms with Crippen LogP contribution in [0.1, 0.15) is 57.7 Å². The third kappa shape index (κ3) is 8.62. The number of ether oxygens (including phenoxy) is 2. The lowest BCUT2D eigenvalue weighted by molar-refractivity contribution is -0.140. The van der Waals surface area contributed by atoms with Gasteiger partial charge in [0.1, 0.15) is 5.75 Å². The Labute approximate surface area is 287 Å². The number of amides is 5. The van der Waals surface area contributed by atoms with E-state index in [2.05, 4.69) is 10.6 Å². The lowest BCUT2D eigenvalue weighted by Crippen LogP contribution is -2.36. The van der Waals surface area contributed by atoms with Crippen molar-refractivity contribution >= 4 is 46.7 Å². The van der Waals surface area contributed by atoms with Crippen LogP contribution in [-0.2, 0) is 25.7 Å². The lowest BCUT2D eigenvalue weighted by atomic mass is 9.86. The molecule has 4 rings (SSSR count). The van der Waals surface area contributed by atoms with Crippen molar-refractivity contribution in [2.75, 3.05) is 17.2 Å². The lowest BCUT2D eigenvalue weighted by Gasteiger charge is -2.24. The number of carbonyl (C=O) groups excluding carboxylic acids is 4.